The molecule has 104 valence electrons. The van der Waals surface area contributed by atoms with Crippen LogP contribution in [-0.4, -0.2) is 33.2 Å². The number of nitrogens with one attached hydrogen (secondary N) is 2. The van der Waals surface area contributed by atoms with Gasteiger partial charge < -0.3 is 9.72 Å². The van der Waals surface area contributed by atoms with Gasteiger partial charge in [0, 0.05) is 30.8 Å². The molecule has 0 amide bonds. The predicted octanol–water partition coefficient (Wildman–Crippen LogP) is 1.80. The van der Waals surface area contributed by atoms with Gasteiger partial charge in [0.2, 0.25) is 0 Å². The summed E-state index contributed by atoms with van der Waals surface area (Å²) in [5.74, 6) is 0.931. The summed E-state index contributed by atoms with van der Waals surface area (Å²) in [4.78, 5) is 11.8. The molecule has 20 heavy (non-hydrogen) atoms. The first kappa shape index (κ1) is 12.1. The smallest absolute Gasteiger partial charge is 0.127 e. The molecule has 2 saturated heterocycles. The zero-order chi connectivity index (χ0) is 13.4. The molecule has 2 fully saturated rings. The maximum Gasteiger partial charge on any atom is 0.127 e. The van der Waals surface area contributed by atoms with Crippen LogP contribution < -0.4 is 5.32 Å². The zero-order valence-corrected chi connectivity index (χ0v) is 11.2. The number of aromatic amines is 1. The SMILES string of the molecule is c1cncc(C(NC2CC3CCC2O3)c2ncc[nH]2)c1. The van der Waals surface area contributed by atoms with Crippen LogP contribution in [0.2, 0.25) is 0 Å². The van der Waals surface area contributed by atoms with Crippen molar-refractivity contribution in [1.29, 1.82) is 0 Å². The lowest BCUT2D eigenvalue weighted by atomic mass is 9.94. The number of pyridine rings is 1. The van der Waals surface area contributed by atoms with Gasteiger partial charge in [0.1, 0.15) is 5.82 Å². The number of fused-ring (bicyclic) bond motifs is 2. The van der Waals surface area contributed by atoms with E-state index in [1.807, 2.05) is 18.5 Å². The quantitative estimate of drug-likeness (QED) is 0.889. The number of hydrogen-bond acceptors (Lipinski definition) is 4. The van der Waals surface area contributed by atoms with Crippen LogP contribution in [0, 0.1) is 0 Å². The van der Waals surface area contributed by atoms with E-state index in [4.69, 9.17) is 4.74 Å². The lowest BCUT2D eigenvalue weighted by Gasteiger charge is -2.26. The van der Waals surface area contributed by atoms with Crippen LogP contribution in [-0.2, 0) is 4.74 Å². The molecule has 4 atom stereocenters. The summed E-state index contributed by atoms with van der Waals surface area (Å²) in [6.45, 7) is 0. The van der Waals surface area contributed by atoms with Crippen molar-refractivity contribution in [2.75, 3.05) is 0 Å². The first-order chi connectivity index (χ1) is 9.90. The van der Waals surface area contributed by atoms with Crippen LogP contribution in [0.1, 0.15) is 36.7 Å². The van der Waals surface area contributed by atoms with E-state index in [1.54, 1.807) is 12.4 Å². The Morgan fingerprint density at radius 1 is 1.35 bits per heavy atom. The second-order valence-electron chi connectivity index (χ2n) is 5.58. The highest BCUT2D eigenvalue weighted by Crippen LogP contribution is 2.36. The minimum atomic E-state index is 0.0478. The topological polar surface area (TPSA) is 62.8 Å². The van der Waals surface area contributed by atoms with Gasteiger partial charge in [0.25, 0.3) is 0 Å². The van der Waals surface area contributed by atoms with E-state index < -0.39 is 0 Å². The Morgan fingerprint density at radius 2 is 2.35 bits per heavy atom. The van der Waals surface area contributed by atoms with Crippen molar-refractivity contribution in [3.8, 4) is 0 Å². The lowest BCUT2D eigenvalue weighted by Crippen LogP contribution is -2.40. The highest BCUT2D eigenvalue weighted by atomic mass is 16.5. The molecule has 2 N–H and O–H groups in total. The van der Waals surface area contributed by atoms with Crippen LogP contribution >= 0.6 is 0 Å². The Balaban J connectivity index is 1.59. The Morgan fingerprint density at radius 3 is 3.00 bits per heavy atom. The number of H-pyrrole nitrogens is 1. The normalized spacial score (nSPS) is 29.7. The molecule has 0 radical (unpaired) electrons. The Bertz CT molecular complexity index is 557. The van der Waals surface area contributed by atoms with Crippen LogP contribution in [0.15, 0.2) is 36.9 Å². The number of ether oxygens (including phenoxy) is 1. The maximum absolute atomic E-state index is 5.93. The van der Waals surface area contributed by atoms with Crippen molar-refractivity contribution in [1.82, 2.24) is 20.3 Å². The number of imidazole rings is 1. The maximum atomic E-state index is 5.93. The molecule has 2 aromatic heterocycles. The fraction of sp³-hybridized carbons (Fsp3) is 0.467. The van der Waals surface area contributed by atoms with Gasteiger partial charge in [-0.1, -0.05) is 6.07 Å². The highest BCUT2D eigenvalue weighted by molar-refractivity contribution is 5.22. The molecule has 0 aromatic carbocycles. The first-order valence-electron chi connectivity index (χ1n) is 7.21. The molecule has 2 aliphatic heterocycles. The standard InChI is InChI=1S/C15H18N4O/c1-2-10(9-16-5-1)14(15-17-6-7-18-15)19-12-8-11-3-4-13(12)20-11/h1-2,5-7,9,11-14,19H,3-4,8H2,(H,17,18). The Labute approximate surface area is 117 Å². The molecule has 5 heteroatoms. The van der Waals surface area contributed by atoms with Crippen molar-refractivity contribution in [2.24, 2.45) is 0 Å². The van der Waals surface area contributed by atoms with Crippen molar-refractivity contribution >= 4 is 0 Å². The molecule has 2 bridgehead atoms. The third-order valence-corrected chi connectivity index (χ3v) is 4.30. The van der Waals surface area contributed by atoms with Gasteiger partial charge in [0.15, 0.2) is 0 Å². The highest BCUT2D eigenvalue weighted by Gasteiger charge is 2.41. The minimum absolute atomic E-state index is 0.0478. The molecular formula is C15H18N4O. The lowest BCUT2D eigenvalue weighted by molar-refractivity contribution is 0.0964. The predicted molar refractivity (Wildman–Crippen MR) is 74.1 cm³/mol. The summed E-state index contributed by atoms with van der Waals surface area (Å²) in [6.07, 6.45) is 11.6. The van der Waals surface area contributed by atoms with Crippen LogP contribution in [0.4, 0.5) is 0 Å². The van der Waals surface area contributed by atoms with Crippen molar-refractivity contribution < 1.29 is 4.74 Å². The van der Waals surface area contributed by atoms with E-state index in [0.29, 0.717) is 18.2 Å². The van der Waals surface area contributed by atoms with E-state index in [9.17, 15) is 0 Å². The third-order valence-electron chi connectivity index (χ3n) is 4.30. The monoisotopic (exact) mass is 270 g/mol. The molecule has 0 aliphatic carbocycles. The average Bonchev–Trinajstić information content (AvgIpc) is 3.23. The van der Waals surface area contributed by atoms with Crippen molar-refractivity contribution in [2.45, 2.75) is 43.6 Å². The molecule has 4 heterocycles. The molecule has 0 spiro atoms. The van der Waals surface area contributed by atoms with E-state index >= 15 is 0 Å². The largest absolute Gasteiger partial charge is 0.373 e. The van der Waals surface area contributed by atoms with Gasteiger partial charge in [-0.2, -0.15) is 0 Å². The van der Waals surface area contributed by atoms with Gasteiger partial charge in [-0.3, -0.25) is 10.3 Å². The van der Waals surface area contributed by atoms with E-state index in [-0.39, 0.29) is 6.04 Å². The number of rotatable bonds is 4. The summed E-state index contributed by atoms with van der Waals surface area (Å²) in [5, 5.41) is 3.71. The van der Waals surface area contributed by atoms with Gasteiger partial charge in [-0.15, -0.1) is 0 Å². The van der Waals surface area contributed by atoms with E-state index in [2.05, 4.69) is 26.3 Å². The second kappa shape index (κ2) is 5.00. The number of aromatic nitrogens is 3. The summed E-state index contributed by atoms with van der Waals surface area (Å²) in [7, 11) is 0. The number of hydrogen-bond donors (Lipinski definition) is 2. The summed E-state index contributed by atoms with van der Waals surface area (Å²) in [6, 6.07) is 4.50. The van der Waals surface area contributed by atoms with Crippen molar-refractivity contribution in [3.63, 3.8) is 0 Å². The average molecular weight is 270 g/mol. The van der Waals surface area contributed by atoms with Crippen LogP contribution in [0.25, 0.3) is 0 Å². The van der Waals surface area contributed by atoms with Gasteiger partial charge >= 0.3 is 0 Å². The fourth-order valence-electron chi connectivity index (χ4n) is 3.34. The molecule has 4 rings (SSSR count). The van der Waals surface area contributed by atoms with Gasteiger partial charge in [-0.05, 0) is 30.9 Å². The summed E-state index contributed by atoms with van der Waals surface area (Å²) < 4.78 is 5.93. The molecular weight excluding hydrogens is 252 g/mol. The van der Waals surface area contributed by atoms with Crippen LogP contribution in [0.3, 0.4) is 0 Å². The zero-order valence-electron chi connectivity index (χ0n) is 11.2. The third kappa shape index (κ3) is 2.13. The summed E-state index contributed by atoms with van der Waals surface area (Å²) in [5.41, 5.74) is 1.13. The van der Waals surface area contributed by atoms with Gasteiger partial charge in [-0.25, -0.2) is 4.98 Å². The molecule has 5 nitrogen and oxygen atoms in total. The summed E-state index contributed by atoms with van der Waals surface area (Å²) >= 11 is 0. The van der Waals surface area contributed by atoms with Crippen molar-refractivity contribution in [3.05, 3.63) is 48.3 Å². The number of nitrogens with zero attached hydrogens (tertiary/aromatic N) is 2. The molecule has 2 aromatic rings. The minimum Gasteiger partial charge on any atom is -0.373 e. The Hall–Kier alpha value is -1.72. The van der Waals surface area contributed by atoms with E-state index in [1.165, 1.54) is 12.8 Å². The molecule has 4 unspecified atom stereocenters. The van der Waals surface area contributed by atoms with E-state index in [0.717, 1.165) is 17.8 Å². The van der Waals surface area contributed by atoms with Crippen LogP contribution in [0.5, 0.6) is 0 Å². The molecule has 0 saturated carbocycles. The Kier molecular flexibility index (Phi) is 3.01. The second-order valence-corrected chi connectivity index (χ2v) is 5.58. The first-order valence-corrected chi connectivity index (χ1v) is 7.21. The van der Waals surface area contributed by atoms with Gasteiger partial charge in [0.05, 0.1) is 18.2 Å². The fourth-order valence-corrected chi connectivity index (χ4v) is 3.34. The molecule has 2 aliphatic rings.